The molecule has 0 aliphatic rings. The van der Waals surface area contributed by atoms with Crippen LogP contribution in [0.3, 0.4) is 0 Å². The second-order valence-electron chi connectivity index (χ2n) is 5.56. The van der Waals surface area contributed by atoms with E-state index < -0.39 is 6.03 Å². The van der Waals surface area contributed by atoms with E-state index in [9.17, 15) is 4.79 Å². The van der Waals surface area contributed by atoms with Gasteiger partial charge in [0.05, 0.1) is 22.8 Å². The lowest BCUT2D eigenvalue weighted by Gasteiger charge is -2.05. The van der Waals surface area contributed by atoms with Gasteiger partial charge in [-0.3, -0.25) is 4.98 Å². The predicted octanol–water partition coefficient (Wildman–Crippen LogP) is 5.04. The van der Waals surface area contributed by atoms with Crippen LogP contribution in [0.25, 0.3) is 0 Å². The number of carbonyl (C=O) groups excluding carboxylic acids is 1. The summed E-state index contributed by atoms with van der Waals surface area (Å²) in [5, 5.41) is 15.0. The van der Waals surface area contributed by atoms with E-state index in [1.165, 1.54) is 0 Å². The van der Waals surface area contributed by atoms with Crippen LogP contribution < -0.4 is 10.7 Å². The minimum absolute atomic E-state index is 0.441. The summed E-state index contributed by atoms with van der Waals surface area (Å²) in [6, 6.07) is 21.6. The molecular formula is C20H18N6O. The van der Waals surface area contributed by atoms with Crippen molar-refractivity contribution in [1.29, 1.82) is 0 Å². The van der Waals surface area contributed by atoms with E-state index in [4.69, 9.17) is 0 Å². The van der Waals surface area contributed by atoms with Crippen molar-refractivity contribution in [2.45, 2.75) is 6.92 Å². The van der Waals surface area contributed by atoms with Crippen molar-refractivity contribution in [3.8, 4) is 0 Å². The van der Waals surface area contributed by atoms with Crippen molar-refractivity contribution >= 4 is 28.8 Å². The Kier molecular flexibility index (Phi) is 5.98. The van der Waals surface area contributed by atoms with Gasteiger partial charge in [0.15, 0.2) is 0 Å². The van der Waals surface area contributed by atoms with Gasteiger partial charge < -0.3 is 5.32 Å². The molecule has 0 fully saturated rings. The number of amides is 2. The maximum absolute atomic E-state index is 12.0. The van der Waals surface area contributed by atoms with Crippen molar-refractivity contribution in [3.63, 3.8) is 0 Å². The SMILES string of the molecule is C/C(=N\NC(=O)Nc1ccc(N=Nc2ccccc2)cc1)c1ccccn1. The zero-order valence-electron chi connectivity index (χ0n) is 14.7. The molecule has 0 radical (unpaired) electrons. The van der Waals surface area contributed by atoms with Gasteiger partial charge >= 0.3 is 6.03 Å². The Balaban J connectivity index is 1.55. The van der Waals surface area contributed by atoms with E-state index in [0.29, 0.717) is 22.8 Å². The minimum Gasteiger partial charge on any atom is -0.307 e. The first kappa shape index (κ1) is 17.9. The summed E-state index contributed by atoms with van der Waals surface area (Å²) in [6.45, 7) is 1.77. The first-order chi connectivity index (χ1) is 13.2. The van der Waals surface area contributed by atoms with Gasteiger partial charge in [0.25, 0.3) is 0 Å². The van der Waals surface area contributed by atoms with Crippen LogP contribution in [0.15, 0.2) is 94.3 Å². The monoisotopic (exact) mass is 358 g/mol. The molecule has 0 aliphatic carbocycles. The summed E-state index contributed by atoms with van der Waals surface area (Å²) in [7, 11) is 0. The summed E-state index contributed by atoms with van der Waals surface area (Å²) >= 11 is 0. The van der Waals surface area contributed by atoms with Crippen LogP contribution in [0, 0.1) is 0 Å². The summed E-state index contributed by atoms with van der Waals surface area (Å²) in [6.07, 6.45) is 1.67. The van der Waals surface area contributed by atoms with Crippen molar-refractivity contribution < 1.29 is 4.79 Å². The van der Waals surface area contributed by atoms with Crippen LogP contribution in [0.2, 0.25) is 0 Å². The first-order valence-corrected chi connectivity index (χ1v) is 8.30. The zero-order valence-corrected chi connectivity index (χ0v) is 14.7. The molecule has 134 valence electrons. The zero-order chi connectivity index (χ0) is 18.9. The van der Waals surface area contributed by atoms with Crippen LogP contribution in [0.4, 0.5) is 21.9 Å². The number of pyridine rings is 1. The van der Waals surface area contributed by atoms with Crippen molar-refractivity contribution in [1.82, 2.24) is 10.4 Å². The van der Waals surface area contributed by atoms with Gasteiger partial charge in [0.2, 0.25) is 0 Å². The highest BCUT2D eigenvalue weighted by atomic mass is 16.2. The van der Waals surface area contributed by atoms with Gasteiger partial charge in [-0.05, 0) is 55.5 Å². The highest BCUT2D eigenvalue weighted by molar-refractivity contribution is 5.98. The molecule has 0 aliphatic heterocycles. The second-order valence-corrected chi connectivity index (χ2v) is 5.56. The van der Waals surface area contributed by atoms with Crippen molar-refractivity contribution in [3.05, 3.63) is 84.7 Å². The summed E-state index contributed by atoms with van der Waals surface area (Å²) in [5.74, 6) is 0. The molecule has 0 bridgehead atoms. The van der Waals surface area contributed by atoms with E-state index >= 15 is 0 Å². The van der Waals surface area contributed by atoms with Crippen LogP contribution in [-0.2, 0) is 0 Å². The fraction of sp³-hybridized carbons (Fsp3) is 0.0500. The molecule has 7 heteroatoms. The standard InChI is InChI=1S/C20H18N6O/c1-15(19-9-5-6-14-21-19)23-26-20(27)22-16-10-12-18(13-11-16)25-24-17-7-3-2-4-8-17/h2-14H,1H3,(H2,22,26,27)/b23-15+,25-24?. The predicted molar refractivity (Wildman–Crippen MR) is 106 cm³/mol. The van der Waals surface area contributed by atoms with E-state index in [1.807, 2.05) is 48.5 Å². The number of aromatic nitrogens is 1. The Labute approximate surface area is 156 Å². The highest BCUT2D eigenvalue weighted by Gasteiger charge is 2.02. The van der Waals surface area contributed by atoms with E-state index in [-0.39, 0.29) is 0 Å². The molecule has 1 heterocycles. The third kappa shape index (κ3) is 5.57. The second kappa shape index (κ2) is 9.00. The molecule has 3 rings (SSSR count). The smallest absolute Gasteiger partial charge is 0.307 e. The lowest BCUT2D eigenvalue weighted by atomic mass is 10.3. The molecule has 2 aromatic carbocycles. The van der Waals surface area contributed by atoms with Gasteiger partial charge in [0, 0.05) is 11.9 Å². The normalized spacial score (nSPS) is 11.4. The van der Waals surface area contributed by atoms with Crippen molar-refractivity contribution in [2.75, 3.05) is 5.32 Å². The molecular weight excluding hydrogens is 340 g/mol. The fourth-order valence-corrected chi connectivity index (χ4v) is 2.15. The molecule has 0 spiro atoms. The number of anilines is 1. The summed E-state index contributed by atoms with van der Waals surface area (Å²) in [5.41, 5.74) is 5.85. The van der Waals surface area contributed by atoms with Gasteiger partial charge in [-0.25, -0.2) is 10.2 Å². The average molecular weight is 358 g/mol. The molecule has 0 saturated carbocycles. The molecule has 27 heavy (non-hydrogen) atoms. The summed E-state index contributed by atoms with van der Waals surface area (Å²) < 4.78 is 0. The molecule has 0 saturated heterocycles. The van der Waals surface area contributed by atoms with Crippen LogP contribution in [0.1, 0.15) is 12.6 Å². The number of azo groups is 1. The number of hydrogen-bond donors (Lipinski definition) is 2. The third-order valence-corrected chi connectivity index (χ3v) is 3.52. The largest absolute Gasteiger partial charge is 0.339 e. The Morgan fingerprint density at radius 1 is 0.852 bits per heavy atom. The number of hydrogen-bond acceptors (Lipinski definition) is 5. The minimum atomic E-state index is -0.441. The van der Waals surface area contributed by atoms with Gasteiger partial charge in [0.1, 0.15) is 0 Å². The van der Waals surface area contributed by atoms with E-state index in [1.54, 1.807) is 37.4 Å². The summed E-state index contributed by atoms with van der Waals surface area (Å²) in [4.78, 5) is 16.1. The lowest BCUT2D eigenvalue weighted by Crippen LogP contribution is -2.25. The molecule has 0 atom stereocenters. The van der Waals surface area contributed by atoms with Gasteiger partial charge in [-0.15, -0.1) is 0 Å². The van der Waals surface area contributed by atoms with Crippen LogP contribution >= 0.6 is 0 Å². The molecule has 0 unspecified atom stereocenters. The number of benzene rings is 2. The van der Waals surface area contributed by atoms with Gasteiger partial charge in [-0.1, -0.05) is 24.3 Å². The Morgan fingerprint density at radius 3 is 2.19 bits per heavy atom. The topological polar surface area (TPSA) is 91.1 Å². The van der Waals surface area contributed by atoms with E-state index in [0.717, 1.165) is 5.69 Å². The number of hydrazone groups is 1. The Hall–Kier alpha value is -3.87. The number of nitrogens with one attached hydrogen (secondary N) is 2. The van der Waals surface area contributed by atoms with Crippen LogP contribution in [0.5, 0.6) is 0 Å². The van der Waals surface area contributed by atoms with Crippen molar-refractivity contribution in [2.24, 2.45) is 15.3 Å². The Bertz CT molecular complexity index is 937. The van der Waals surface area contributed by atoms with Crippen LogP contribution in [-0.4, -0.2) is 16.7 Å². The average Bonchev–Trinajstić information content (AvgIpc) is 2.73. The number of nitrogens with zero attached hydrogens (tertiary/aromatic N) is 4. The number of rotatable bonds is 5. The Morgan fingerprint density at radius 2 is 1.52 bits per heavy atom. The molecule has 2 amide bonds. The number of carbonyl (C=O) groups is 1. The quantitative estimate of drug-likeness (QED) is 0.380. The lowest BCUT2D eigenvalue weighted by molar-refractivity contribution is 0.252. The highest BCUT2D eigenvalue weighted by Crippen LogP contribution is 2.19. The molecule has 2 N–H and O–H groups in total. The first-order valence-electron chi connectivity index (χ1n) is 8.30. The third-order valence-electron chi connectivity index (χ3n) is 3.52. The van der Waals surface area contributed by atoms with E-state index in [2.05, 4.69) is 31.1 Å². The van der Waals surface area contributed by atoms with Gasteiger partial charge in [-0.2, -0.15) is 15.3 Å². The molecule has 3 aromatic rings. The fourth-order valence-electron chi connectivity index (χ4n) is 2.15. The number of urea groups is 1. The maximum atomic E-state index is 12.0. The maximum Gasteiger partial charge on any atom is 0.339 e. The molecule has 7 nitrogen and oxygen atoms in total. The molecule has 1 aromatic heterocycles.